The second-order valence-corrected chi connectivity index (χ2v) is 7.25. The van der Waals surface area contributed by atoms with Crippen molar-refractivity contribution in [2.45, 2.75) is 64.5 Å². The molecule has 138 valence electrons. The number of nitrogens with zero attached hydrogens (tertiary/aromatic N) is 4. The minimum Gasteiger partial charge on any atom is -0.497 e. The zero-order valence-corrected chi connectivity index (χ0v) is 15.4. The summed E-state index contributed by atoms with van der Waals surface area (Å²) in [5, 5.41) is 19.4. The number of aliphatic hydroxyl groups is 1. The van der Waals surface area contributed by atoms with Crippen LogP contribution in [0.4, 0.5) is 0 Å². The average molecular weight is 348 g/mol. The molecule has 2 aliphatic rings. The van der Waals surface area contributed by atoms with E-state index < -0.39 is 5.60 Å². The largest absolute Gasteiger partial charge is 0.497 e. The summed E-state index contributed by atoms with van der Waals surface area (Å²) in [7, 11) is 0. The molecule has 1 saturated heterocycles. The van der Waals surface area contributed by atoms with Crippen molar-refractivity contribution in [3.05, 3.63) is 23.2 Å². The molecule has 1 fully saturated rings. The van der Waals surface area contributed by atoms with Gasteiger partial charge in [-0.25, -0.2) is 4.68 Å². The number of rotatable bonds is 4. The first kappa shape index (κ1) is 17.9. The van der Waals surface area contributed by atoms with E-state index in [0.717, 1.165) is 37.0 Å². The van der Waals surface area contributed by atoms with E-state index in [1.54, 1.807) is 15.8 Å². The molecule has 0 aromatic carbocycles. The highest BCUT2D eigenvalue weighted by atomic mass is 16.5. The molecular weight excluding hydrogens is 320 g/mol. The van der Waals surface area contributed by atoms with Gasteiger partial charge in [-0.2, -0.15) is 0 Å². The van der Waals surface area contributed by atoms with Crippen LogP contribution in [-0.2, 0) is 15.1 Å². The van der Waals surface area contributed by atoms with Crippen LogP contribution in [0.3, 0.4) is 0 Å². The van der Waals surface area contributed by atoms with Gasteiger partial charge in [0.1, 0.15) is 17.1 Å². The quantitative estimate of drug-likeness (QED) is 0.902. The van der Waals surface area contributed by atoms with Crippen LogP contribution in [0, 0.1) is 0 Å². The Balaban J connectivity index is 1.80. The van der Waals surface area contributed by atoms with E-state index in [0.29, 0.717) is 25.3 Å². The van der Waals surface area contributed by atoms with Gasteiger partial charge in [0, 0.05) is 19.0 Å². The van der Waals surface area contributed by atoms with Gasteiger partial charge in [0.05, 0.1) is 24.9 Å². The average Bonchev–Trinajstić information content (AvgIpc) is 3.12. The summed E-state index contributed by atoms with van der Waals surface area (Å²) in [5.74, 6) is 0.794. The van der Waals surface area contributed by atoms with Gasteiger partial charge in [0.25, 0.3) is 5.91 Å². The summed E-state index contributed by atoms with van der Waals surface area (Å²) in [4.78, 5) is 14.7. The van der Waals surface area contributed by atoms with Crippen LogP contribution in [0.1, 0.15) is 64.6 Å². The Morgan fingerprint density at radius 1 is 1.44 bits per heavy atom. The van der Waals surface area contributed by atoms with Crippen LogP contribution in [0.2, 0.25) is 0 Å². The van der Waals surface area contributed by atoms with Crippen molar-refractivity contribution in [3.8, 4) is 0 Å². The second-order valence-electron chi connectivity index (χ2n) is 7.25. The summed E-state index contributed by atoms with van der Waals surface area (Å²) in [6.07, 6.45) is 5.46. The van der Waals surface area contributed by atoms with Gasteiger partial charge in [0.2, 0.25) is 0 Å². The van der Waals surface area contributed by atoms with Crippen molar-refractivity contribution >= 4 is 5.91 Å². The Kier molecular flexibility index (Phi) is 5.13. The topological polar surface area (TPSA) is 80.5 Å². The minimum absolute atomic E-state index is 0.00840. The van der Waals surface area contributed by atoms with E-state index in [9.17, 15) is 9.90 Å². The van der Waals surface area contributed by atoms with E-state index in [2.05, 4.69) is 10.3 Å². The Labute approximate surface area is 148 Å². The lowest BCUT2D eigenvalue weighted by molar-refractivity contribution is -0.135. The maximum absolute atomic E-state index is 13.0. The zero-order valence-electron chi connectivity index (χ0n) is 15.4. The highest BCUT2D eigenvalue weighted by Gasteiger charge is 2.40. The maximum Gasteiger partial charge on any atom is 0.253 e. The summed E-state index contributed by atoms with van der Waals surface area (Å²) < 4.78 is 7.40. The molecule has 1 aromatic rings. The molecule has 3 heterocycles. The number of ether oxygens (including phenoxy) is 1. The molecule has 7 heteroatoms. The molecule has 1 amide bonds. The third kappa shape index (κ3) is 3.56. The van der Waals surface area contributed by atoms with Crippen molar-refractivity contribution in [1.29, 1.82) is 0 Å². The number of hydrogen-bond acceptors (Lipinski definition) is 5. The number of hydrogen-bond donors (Lipinski definition) is 1. The first-order chi connectivity index (χ1) is 11.9. The SMILES string of the molecule is CCC1=C(C(=O)N2CCC[C@@](O)(c3cn(C(C)C)nn3)C2)CCCO1. The fraction of sp³-hybridized carbons (Fsp3) is 0.722. The predicted octanol–water partition coefficient (Wildman–Crippen LogP) is 2.14. The van der Waals surface area contributed by atoms with E-state index >= 15 is 0 Å². The van der Waals surface area contributed by atoms with Gasteiger partial charge < -0.3 is 14.7 Å². The van der Waals surface area contributed by atoms with Crippen molar-refractivity contribution in [1.82, 2.24) is 19.9 Å². The number of likely N-dealkylation sites (tertiary alicyclic amines) is 1. The van der Waals surface area contributed by atoms with Crippen LogP contribution in [0.25, 0.3) is 0 Å². The predicted molar refractivity (Wildman–Crippen MR) is 92.6 cm³/mol. The van der Waals surface area contributed by atoms with Gasteiger partial charge in [-0.15, -0.1) is 5.10 Å². The normalized spacial score (nSPS) is 24.6. The second kappa shape index (κ2) is 7.15. The highest BCUT2D eigenvalue weighted by molar-refractivity contribution is 5.94. The molecule has 2 aliphatic heterocycles. The smallest absolute Gasteiger partial charge is 0.253 e. The van der Waals surface area contributed by atoms with Crippen LogP contribution in [-0.4, -0.2) is 50.6 Å². The van der Waals surface area contributed by atoms with Crippen molar-refractivity contribution < 1.29 is 14.6 Å². The van der Waals surface area contributed by atoms with Gasteiger partial charge in [0.15, 0.2) is 0 Å². The van der Waals surface area contributed by atoms with Gasteiger partial charge >= 0.3 is 0 Å². The fourth-order valence-corrected chi connectivity index (χ4v) is 3.56. The van der Waals surface area contributed by atoms with Gasteiger partial charge in [-0.1, -0.05) is 12.1 Å². The Hall–Kier alpha value is -1.89. The lowest BCUT2D eigenvalue weighted by atomic mass is 9.89. The first-order valence-corrected chi connectivity index (χ1v) is 9.23. The molecule has 0 radical (unpaired) electrons. The van der Waals surface area contributed by atoms with Crippen LogP contribution in [0.15, 0.2) is 17.5 Å². The van der Waals surface area contributed by atoms with Crippen LogP contribution < -0.4 is 0 Å². The molecule has 0 bridgehead atoms. The zero-order chi connectivity index (χ0) is 18.0. The lowest BCUT2D eigenvalue weighted by Gasteiger charge is -2.38. The lowest BCUT2D eigenvalue weighted by Crippen LogP contribution is -2.49. The van der Waals surface area contributed by atoms with Crippen molar-refractivity contribution in [2.75, 3.05) is 19.7 Å². The van der Waals surface area contributed by atoms with Crippen molar-refractivity contribution in [3.63, 3.8) is 0 Å². The number of β-amino-alcohol motifs (C(OH)–C–C–N with tert-alkyl or cyclic N) is 1. The molecule has 1 atom stereocenters. The Morgan fingerprint density at radius 2 is 2.24 bits per heavy atom. The number of carbonyl (C=O) groups excluding carboxylic acids is 1. The van der Waals surface area contributed by atoms with Crippen LogP contribution >= 0.6 is 0 Å². The molecule has 0 aliphatic carbocycles. The third-order valence-electron chi connectivity index (χ3n) is 5.04. The monoisotopic (exact) mass is 348 g/mol. The molecule has 0 spiro atoms. The van der Waals surface area contributed by atoms with E-state index in [4.69, 9.17) is 4.74 Å². The molecule has 1 N–H and O–H groups in total. The number of amides is 1. The standard InChI is InChI=1S/C18H28N4O3/c1-4-15-14(7-5-10-25-15)17(23)21-9-6-8-18(24,12-21)16-11-22(13(2)3)20-19-16/h11,13,24H,4-10,12H2,1-3H3/t18-/m0/s1. The molecule has 0 saturated carbocycles. The molecule has 0 unspecified atom stereocenters. The summed E-state index contributed by atoms with van der Waals surface area (Å²) >= 11 is 0. The Bertz CT molecular complexity index is 667. The molecule has 1 aromatic heterocycles. The van der Waals surface area contributed by atoms with Crippen LogP contribution in [0.5, 0.6) is 0 Å². The minimum atomic E-state index is -1.14. The summed E-state index contributed by atoms with van der Waals surface area (Å²) in [6.45, 7) is 7.62. The number of aromatic nitrogens is 3. The van der Waals surface area contributed by atoms with E-state index in [-0.39, 0.29) is 18.5 Å². The first-order valence-electron chi connectivity index (χ1n) is 9.23. The molecule has 3 rings (SSSR count). The van der Waals surface area contributed by atoms with Gasteiger partial charge in [-0.05, 0) is 39.5 Å². The third-order valence-corrected chi connectivity index (χ3v) is 5.04. The number of piperidine rings is 1. The van der Waals surface area contributed by atoms with Crippen molar-refractivity contribution in [2.24, 2.45) is 0 Å². The van der Waals surface area contributed by atoms with E-state index in [1.165, 1.54) is 0 Å². The van der Waals surface area contributed by atoms with E-state index in [1.807, 2.05) is 20.8 Å². The Morgan fingerprint density at radius 3 is 2.92 bits per heavy atom. The fourth-order valence-electron chi connectivity index (χ4n) is 3.56. The molecular formula is C18H28N4O3. The summed E-state index contributed by atoms with van der Waals surface area (Å²) in [5.41, 5.74) is 0.177. The van der Waals surface area contributed by atoms with Gasteiger partial charge in [-0.3, -0.25) is 4.79 Å². The maximum atomic E-state index is 13.0. The molecule has 7 nitrogen and oxygen atoms in total. The summed E-state index contributed by atoms with van der Waals surface area (Å²) in [6, 6.07) is 0.183. The number of carbonyl (C=O) groups is 1. The number of allylic oxidation sites excluding steroid dienone is 1. The highest BCUT2D eigenvalue weighted by Crippen LogP contribution is 2.32. The molecule has 25 heavy (non-hydrogen) atoms.